The van der Waals surface area contributed by atoms with Crippen molar-refractivity contribution in [2.24, 2.45) is 0 Å². The van der Waals surface area contributed by atoms with Crippen molar-refractivity contribution in [2.45, 2.75) is 6.92 Å². The van der Waals surface area contributed by atoms with Crippen LogP contribution in [0.1, 0.15) is 15.9 Å². The Morgan fingerprint density at radius 2 is 1.93 bits per heavy atom. The molecule has 0 atom stereocenters. The number of hydrogen-bond donors (Lipinski definition) is 1. The van der Waals surface area contributed by atoms with Crippen LogP contribution in [-0.4, -0.2) is 15.8 Å². The molecule has 144 valence electrons. The molecule has 0 saturated heterocycles. The summed E-state index contributed by atoms with van der Waals surface area (Å²) >= 11 is 7.66. The van der Waals surface area contributed by atoms with E-state index in [0.29, 0.717) is 5.69 Å². The first kappa shape index (κ1) is 19.0. The highest BCUT2D eigenvalue weighted by molar-refractivity contribution is 7.21. The van der Waals surface area contributed by atoms with Gasteiger partial charge >= 0.3 is 0 Å². The predicted octanol–water partition coefficient (Wildman–Crippen LogP) is 6.09. The maximum atomic E-state index is 12.6. The number of halogens is 1. The molecule has 1 aromatic heterocycles. The Labute approximate surface area is 174 Å². The summed E-state index contributed by atoms with van der Waals surface area (Å²) < 4.78 is 1.12. The number of nitrogens with zero attached hydrogens (tertiary/aromatic N) is 2. The van der Waals surface area contributed by atoms with E-state index in [1.54, 1.807) is 11.3 Å². The van der Waals surface area contributed by atoms with Crippen LogP contribution in [0.3, 0.4) is 0 Å². The number of hydrogen-bond acceptors (Lipinski definition) is 5. The number of anilines is 1. The molecule has 0 saturated carbocycles. The zero-order valence-corrected chi connectivity index (χ0v) is 16.8. The summed E-state index contributed by atoms with van der Waals surface area (Å²) in [6.45, 7) is 1.89. The Hall–Kier alpha value is -3.29. The first-order valence-electron chi connectivity index (χ1n) is 8.64. The number of fused-ring (bicyclic) bond motifs is 1. The molecule has 0 radical (unpaired) electrons. The van der Waals surface area contributed by atoms with Gasteiger partial charge in [-0.3, -0.25) is 14.9 Å². The van der Waals surface area contributed by atoms with Crippen LogP contribution >= 0.6 is 22.9 Å². The molecule has 0 aliphatic rings. The normalized spacial score (nSPS) is 10.8. The minimum Gasteiger partial charge on any atom is -0.322 e. The number of nitrogens with one attached hydrogen (secondary N) is 1. The van der Waals surface area contributed by atoms with E-state index in [4.69, 9.17) is 11.6 Å². The van der Waals surface area contributed by atoms with Crippen molar-refractivity contribution in [3.63, 3.8) is 0 Å². The molecule has 0 aliphatic heterocycles. The lowest BCUT2D eigenvalue weighted by atomic mass is 10.1. The highest BCUT2D eigenvalue weighted by Crippen LogP contribution is 2.32. The molecule has 0 bridgehead atoms. The number of para-hydroxylation sites is 1. The smallest absolute Gasteiger partial charge is 0.270 e. The lowest BCUT2D eigenvalue weighted by Gasteiger charge is -2.10. The number of aryl methyl sites for hydroxylation is 1. The number of nitro groups is 1. The average Bonchev–Trinajstić information content (AvgIpc) is 3.13. The molecule has 29 heavy (non-hydrogen) atoms. The number of nitro benzene ring substituents is 1. The van der Waals surface area contributed by atoms with Crippen molar-refractivity contribution in [3.05, 3.63) is 86.9 Å². The molecular weight excluding hydrogens is 410 g/mol. The van der Waals surface area contributed by atoms with E-state index in [1.165, 1.54) is 18.2 Å². The third-order valence-corrected chi connectivity index (χ3v) is 5.82. The summed E-state index contributed by atoms with van der Waals surface area (Å²) in [6.07, 6.45) is 0. The molecule has 4 aromatic rings. The van der Waals surface area contributed by atoms with Crippen molar-refractivity contribution in [3.8, 4) is 10.6 Å². The quantitative estimate of drug-likeness (QED) is 0.318. The minimum absolute atomic E-state index is 0.0282. The molecule has 0 unspecified atom stereocenters. The van der Waals surface area contributed by atoms with Crippen LogP contribution < -0.4 is 5.32 Å². The Balaban J connectivity index is 1.58. The SMILES string of the molecule is Cc1cc(-c2nc3ccccc3s2)ccc1NC(=O)c1ccc([N+](=O)[O-])cc1Cl. The summed E-state index contributed by atoms with van der Waals surface area (Å²) in [4.78, 5) is 27.5. The number of amides is 1. The lowest BCUT2D eigenvalue weighted by Crippen LogP contribution is -2.13. The van der Waals surface area contributed by atoms with Crippen molar-refractivity contribution in [1.82, 2.24) is 4.98 Å². The number of non-ortho nitro benzene ring substituents is 1. The van der Waals surface area contributed by atoms with Gasteiger partial charge in [0, 0.05) is 23.4 Å². The average molecular weight is 424 g/mol. The van der Waals surface area contributed by atoms with Gasteiger partial charge in [-0.1, -0.05) is 23.7 Å². The third kappa shape index (κ3) is 3.83. The fraction of sp³-hybridized carbons (Fsp3) is 0.0476. The van der Waals surface area contributed by atoms with E-state index in [0.717, 1.165) is 26.4 Å². The second-order valence-corrected chi connectivity index (χ2v) is 7.83. The molecule has 6 nitrogen and oxygen atoms in total. The fourth-order valence-corrected chi connectivity index (χ4v) is 4.15. The van der Waals surface area contributed by atoms with Crippen molar-refractivity contribution in [1.29, 1.82) is 0 Å². The van der Waals surface area contributed by atoms with Crippen LogP contribution in [0.2, 0.25) is 5.02 Å². The second-order valence-electron chi connectivity index (χ2n) is 6.39. The lowest BCUT2D eigenvalue weighted by molar-refractivity contribution is -0.384. The molecule has 0 aliphatic carbocycles. The van der Waals surface area contributed by atoms with Crippen LogP contribution in [0.15, 0.2) is 60.7 Å². The van der Waals surface area contributed by atoms with E-state index in [-0.39, 0.29) is 16.3 Å². The zero-order valence-electron chi connectivity index (χ0n) is 15.2. The molecule has 1 amide bonds. The summed E-state index contributed by atoms with van der Waals surface area (Å²) in [5, 5.41) is 14.6. The first-order chi connectivity index (χ1) is 13.9. The van der Waals surface area contributed by atoms with Gasteiger partial charge in [-0.15, -0.1) is 11.3 Å². The van der Waals surface area contributed by atoms with Crippen molar-refractivity contribution < 1.29 is 9.72 Å². The number of aromatic nitrogens is 1. The van der Waals surface area contributed by atoms with Crippen LogP contribution in [0.5, 0.6) is 0 Å². The topological polar surface area (TPSA) is 85.1 Å². The van der Waals surface area contributed by atoms with Gasteiger partial charge in [0.2, 0.25) is 0 Å². The summed E-state index contributed by atoms with van der Waals surface area (Å²) in [6, 6.07) is 17.4. The minimum atomic E-state index is -0.557. The zero-order chi connectivity index (χ0) is 20.5. The molecule has 0 fully saturated rings. The van der Waals surface area contributed by atoms with Crippen LogP contribution in [0.4, 0.5) is 11.4 Å². The molecule has 8 heteroatoms. The predicted molar refractivity (Wildman–Crippen MR) is 116 cm³/mol. The highest BCUT2D eigenvalue weighted by Gasteiger charge is 2.16. The van der Waals surface area contributed by atoms with Gasteiger partial charge in [-0.2, -0.15) is 0 Å². The van der Waals surface area contributed by atoms with Crippen LogP contribution in [0.25, 0.3) is 20.8 Å². The van der Waals surface area contributed by atoms with Gasteiger partial charge in [-0.05, 0) is 48.9 Å². The van der Waals surface area contributed by atoms with Gasteiger partial charge in [-0.25, -0.2) is 4.98 Å². The maximum Gasteiger partial charge on any atom is 0.270 e. The summed E-state index contributed by atoms with van der Waals surface area (Å²) in [7, 11) is 0. The largest absolute Gasteiger partial charge is 0.322 e. The first-order valence-corrected chi connectivity index (χ1v) is 9.84. The Kier molecular flexibility index (Phi) is 5.00. The van der Waals surface area contributed by atoms with Gasteiger partial charge in [0.15, 0.2) is 0 Å². The van der Waals surface area contributed by atoms with E-state index >= 15 is 0 Å². The van der Waals surface area contributed by atoms with Gasteiger partial charge < -0.3 is 5.32 Å². The Bertz CT molecular complexity index is 1240. The monoisotopic (exact) mass is 423 g/mol. The summed E-state index contributed by atoms with van der Waals surface area (Å²) in [5.41, 5.74) is 3.43. The standard InChI is InChI=1S/C21H14ClN3O3S/c1-12-10-13(21-24-18-4-2-3-5-19(18)29-21)6-9-17(12)23-20(26)15-8-7-14(25(27)28)11-16(15)22/h2-11H,1H3,(H,23,26). The second kappa shape index (κ2) is 7.62. The van der Waals surface area contributed by atoms with E-state index in [2.05, 4.69) is 10.3 Å². The number of thiazole rings is 1. The number of rotatable bonds is 4. The number of carbonyl (C=O) groups excluding carboxylic acids is 1. The third-order valence-electron chi connectivity index (χ3n) is 4.42. The van der Waals surface area contributed by atoms with E-state index in [9.17, 15) is 14.9 Å². The Morgan fingerprint density at radius 3 is 2.62 bits per heavy atom. The number of benzene rings is 3. The van der Waals surface area contributed by atoms with Gasteiger partial charge in [0.25, 0.3) is 11.6 Å². The van der Waals surface area contributed by atoms with Gasteiger partial charge in [0.05, 0.1) is 25.7 Å². The fourth-order valence-electron chi connectivity index (χ4n) is 2.92. The summed E-state index contributed by atoms with van der Waals surface area (Å²) in [5.74, 6) is -0.430. The van der Waals surface area contributed by atoms with Crippen molar-refractivity contribution in [2.75, 3.05) is 5.32 Å². The molecular formula is C21H14ClN3O3S. The van der Waals surface area contributed by atoms with Crippen LogP contribution in [0, 0.1) is 17.0 Å². The number of carbonyl (C=O) groups is 1. The molecule has 4 rings (SSSR count). The van der Waals surface area contributed by atoms with E-state index in [1.807, 2.05) is 49.4 Å². The maximum absolute atomic E-state index is 12.6. The molecule has 0 spiro atoms. The molecule has 3 aromatic carbocycles. The van der Waals surface area contributed by atoms with Crippen molar-refractivity contribution >= 4 is 50.4 Å². The van der Waals surface area contributed by atoms with Gasteiger partial charge in [0.1, 0.15) is 5.01 Å². The Morgan fingerprint density at radius 1 is 1.14 bits per heavy atom. The molecule has 1 heterocycles. The highest BCUT2D eigenvalue weighted by atomic mass is 35.5. The molecule has 1 N–H and O–H groups in total. The van der Waals surface area contributed by atoms with E-state index < -0.39 is 10.8 Å². The van der Waals surface area contributed by atoms with Crippen LogP contribution in [-0.2, 0) is 0 Å².